The van der Waals surface area contributed by atoms with Gasteiger partial charge in [-0.1, -0.05) is 72.8 Å². The van der Waals surface area contributed by atoms with Gasteiger partial charge in [-0.25, -0.2) is 4.98 Å². The number of nitrogens with zero attached hydrogens (tertiary/aromatic N) is 4. The van der Waals surface area contributed by atoms with Crippen LogP contribution in [0.2, 0.25) is 0 Å². The van der Waals surface area contributed by atoms with Crippen LogP contribution in [0, 0.1) is 11.3 Å². The molecule has 0 amide bonds. The molecule has 4 heteroatoms. The lowest BCUT2D eigenvalue weighted by Gasteiger charge is -2.34. The summed E-state index contributed by atoms with van der Waals surface area (Å²) < 4.78 is 2.36. The molecule has 0 N–H and O–H groups in total. The molecule has 0 radical (unpaired) electrons. The van der Waals surface area contributed by atoms with Crippen molar-refractivity contribution in [3.8, 4) is 6.07 Å². The Labute approximate surface area is 196 Å². The molecule has 3 aromatic carbocycles. The van der Waals surface area contributed by atoms with Crippen molar-refractivity contribution < 1.29 is 0 Å². The Balaban J connectivity index is 1.24. The molecule has 2 heterocycles. The molecule has 166 valence electrons. The highest BCUT2D eigenvalue weighted by Crippen LogP contribution is 2.36. The minimum absolute atomic E-state index is 0.514. The SMILES string of the molecule is N#CC(CCCN1CCC(n2cnc3ccccc32)CC1)(c1ccccc1)c1ccccc1. The summed E-state index contributed by atoms with van der Waals surface area (Å²) in [5.74, 6) is 0. The first-order valence-corrected chi connectivity index (χ1v) is 12.0. The summed E-state index contributed by atoms with van der Waals surface area (Å²) >= 11 is 0. The Hall–Kier alpha value is -3.42. The topological polar surface area (TPSA) is 44.9 Å². The van der Waals surface area contributed by atoms with Crippen LogP contribution in [-0.2, 0) is 5.41 Å². The lowest BCUT2D eigenvalue weighted by molar-refractivity contribution is 0.183. The third-order valence-electron chi connectivity index (χ3n) is 7.18. The molecule has 5 rings (SSSR count). The van der Waals surface area contributed by atoms with Crippen LogP contribution in [0.15, 0.2) is 91.3 Å². The van der Waals surface area contributed by atoms with Crippen molar-refractivity contribution in [3.63, 3.8) is 0 Å². The smallest absolute Gasteiger partial charge is 0.107 e. The molecular weight excluding hydrogens is 404 g/mol. The van der Waals surface area contributed by atoms with Gasteiger partial charge in [-0.2, -0.15) is 5.26 Å². The van der Waals surface area contributed by atoms with Crippen LogP contribution >= 0.6 is 0 Å². The Bertz CT molecular complexity index is 1180. The van der Waals surface area contributed by atoms with E-state index in [4.69, 9.17) is 0 Å². The Morgan fingerprint density at radius 1 is 0.848 bits per heavy atom. The average Bonchev–Trinajstić information content (AvgIpc) is 3.33. The van der Waals surface area contributed by atoms with E-state index in [1.165, 1.54) is 5.52 Å². The van der Waals surface area contributed by atoms with E-state index >= 15 is 0 Å². The van der Waals surface area contributed by atoms with Crippen LogP contribution in [0.5, 0.6) is 0 Å². The van der Waals surface area contributed by atoms with E-state index in [2.05, 4.69) is 69.1 Å². The van der Waals surface area contributed by atoms with Gasteiger partial charge in [0.15, 0.2) is 0 Å². The Morgan fingerprint density at radius 3 is 2.09 bits per heavy atom. The molecule has 0 atom stereocenters. The normalized spacial score (nSPS) is 15.5. The van der Waals surface area contributed by atoms with E-state index in [0.717, 1.165) is 62.0 Å². The highest BCUT2D eigenvalue weighted by Gasteiger charge is 2.34. The molecular formula is C29H30N4. The van der Waals surface area contributed by atoms with E-state index in [1.807, 2.05) is 42.7 Å². The van der Waals surface area contributed by atoms with Crippen LogP contribution in [0.25, 0.3) is 11.0 Å². The summed E-state index contributed by atoms with van der Waals surface area (Å²) in [6.45, 7) is 3.21. The molecule has 1 aliphatic heterocycles. The van der Waals surface area contributed by atoms with Crippen molar-refractivity contribution in [2.45, 2.75) is 37.1 Å². The highest BCUT2D eigenvalue weighted by molar-refractivity contribution is 5.75. The largest absolute Gasteiger partial charge is 0.327 e. The van der Waals surface area contributed by atoms with Crippen LogP contribution < -0.4 is 0 Å². The van der Waals surface area contributed by atoms with Crippen molar-refractivity contribution in [2.75, 3.05) is 19.6 Å². The Kier molecular flexibility index (Phi) is 6.24. The number of piperidine rings is 1. The molecule has 1 aliphatic rings. The van der Waals surface area contributed by atoms with E-state index in [-0.39, 0.29) is 0 Å². The van der Waals surface area contributed by atoms with E-state index < -0.39 is 5.41 Å². The molecule has 0 spiro atoms. The van der Waals surface area contributed by atoms with Gasteiger partial charge in [0.1, 0.15) is 5.41 Å². The quantitative estimate of drug-likeness (QED) is 0.360. The van der Waals surface area contributed by atoms with E-state index in [0.29, 0.717) is 6.04 Å². The highest BCUT2D eigenvalue weighted by atomic mass is 15.2. The van der Waals surface area contributed by atoms with Crippen LogP contribution in [0.1, 0.15) is 42.9 Å². The van der Waals surface area contributed by atoms with Gasteiger partial charge in [0.2, 0.25) is 0 Å². The molecule has 1 fully saturated rings. The standard InChI is InChI=1S/C29H30N4/c30-22-29(24-10-3-1-4-11-24,25-12-5-2-6-13-25)18-9-19-32-20-16-26(17-21-32)33-23-31-27-14-7-8-15-28(27)33/h1-8,10-15,23,26H,9,16-21H2. The van der Waals surface area contributed by atoms with Gasteiger partial charge in [-0.3, -0.25) is 0 Å². The number of likely N-dealkylation sites (tertiary alicyclic amines) is 1. The molecule has 33 heavy (non-hydrogen) atoms. The number of nitriles is 1. The lowest BCUT2D eigenvalue weighted by atomic mass is 9.72. The first-order valence-electron chi connectivity index (χ1n) is 12.0. The minimum Gasteiger partial charge on any atom is -0.327 e. The molecule has 0 saturated carbocycles. The molecule has 4 aromatic rings. The number of hydrogen-bond donors (Lipinski definition) is 0. The maximum atomic E-state index is 10.4. The van der Waals surface area contributed by atoms with Crippen molar-refractivity contribution in [1.29, 1.82) is 5.26 Å². The van der Waals surface area contributed by atoms with Crippen molar-refractivity contribution in [2.24, 2.45) is 0 Å². The monoisotopic (exact) mass is 434 g/mol. The fourth-order valence-electron chi connectivity index (χ4n) is 5.34. The zero-order chi connectivity index (χ0) is 22.5. The third-order valence-corrected chi connectivity index (χ3v) is 7.18. The summed E-state index contributed by atoms with van der Waals surface area (Å²) in [7, 11) is 0. The fourth-order valence-corrected chi connectivity index (χ4v) is 5.34. The summed E-state index contributed by atoms with van der Waals surface area (Å²) in [4.78, 5) is 7.14. The van der Waals surface area contributed by atoms with Gasteiger partial charge in [0.05, 0.1) is 23.4 Å². The number of aromatic nitrogens is 2. The summed E-state index contributed by atoms with van der Waals surface area (Å²) in [6.07, 6.45) is 6.11. The van der Waals surface area contributed by atoms with Crippen molar-refractivity contribution in [1.82, 2.24) is 14.5 Å². The van der Waals surface area contributed by atoms with Gasteiger partial charge >= 0.3 is 0 Å². The van der Waals surface area contributed by atoms with Crippen LogP contribution in [-0.4, -0.2) is 34.1 Å². The van der Waals surface area contributed by atoms with Crippen molar-refractivity contribution >= 4 is 11.0 Å². The number of hydrogen-bond acceptors (Lipinski definition) is 3. The number of fused-ring (bicyclic) bond motifs is 1. The second-order valence-electron chi connectivity index (χ2n) is 9.07. The van der Waals surface area contributed by atoms with Gasteiger partial charge in [0, 0.05) is 19.1 Å². The van der Waals surface area contributed by atoms with Crippen LogP contribution in [0.4, 0.5) is 0 Å². The second-order valence-corrected chi connectivity index (χ2v) is 9.07. The second kappa shape index (κ2) is 9.60. The molecule has 1 aromatic heterocycles. The van der Waals surface area contributed by atoms with Gasteiger partial charge < -0.3 is 9.47 Å². The number of imidazole rings is 1. The number of benzene rings is 3. The molecule has 0 aliphatic carbocycles. The molecule has 0 bridgehead atoms. The first kappa shape index (κ1) is 21.4. The third kappa shape index (κ3) is 4.29. The zero-order valence-corrected chi connectivity index (χ0v) is 19.0. The Morgan fingerprint density at radius 2 is 1.45 bits per heavy atom. The van der Waals surface area contributed by atoms with Crippen LogP contribution in [0.3, 0.4) is 0 Å². The maximum absolute atomic E-state index is 10.4. The predicted molar refractivity (Wildman–Crippen MR) is 133 cm³/mol. The lowest BCUT2D eigenvalue weighted by Crippen LogP contribution is -2.36. The van der Waals surface area contributed by atoms with E-state index in [1.54, 1.807) is 0 Å². The van der Waals surface area contributed by atoms with Gasteiger partial charge in [-0.05, 0) is 55.5 Å². The van der Waals surface area contributed by atoms with Gasteiger partial charge in [-0.15, -0.1) is 0 Å². The molecule has 0 unspecified atom stereocenters. The minimum atomic E-state index is -0.601. The predicted octanol–water partition coefficient (Wildman–Crippen LogP) is 5.96. The average molecular weight is 435 g/mol. The number of para-hydroxylation sites is 2. The van der Waals surface area contributed by atoms with Gasteiger partial charge in [0.25, 0.3) is 0 Å². The zero-order valence-electron chi connectivity index (χ0n) is 19.0. The number of rotatable bonds is 7. The summed E-state index contributed by atoms with van der Waals surface area (Å²) in [5.41, 5.74) is 3.89. The molecule has 1 saturated heterocycles. The summed E-state index contributed by atoms with van der Waals surface area (Å²) in [6, 6.07) is 32.2. The first-order chi connectivity index (χ1) is 16.3. The molecule has 4 nitrogen and oxygen atoms in total. The fraction of sp³-hybridized carbons (Fsp3) is 0.310. The maximum Gasteiger partial charge on any atom is 0.107 e. The van der Waals surface area contributed by atoms with E-state index in [9.17, 15) is 5.26 Å². The summed E-state index contributed by atoms with van der Waals surface area (Å²) in [5, 5.41) is 10.4. The van der Waals surface area contributed by atoms with Crippen molar-refractivity contribution in [3.05, 3.63) is 102 Å².